The predicted molar refractivity (Wildman–Crippen MR) is 77.0 cm³/mol. The summed E-state index contributed by atoms with van der Waals surface area (Å²) in [5.74, 6) is 1.74. The smallest absolute Gasteiger partial charge is 0.232 e. The molecule has 0 spiro atoms. The summed E-state index contributed by atoms with van der Waals surface area (Å²) < 4.78 is 7.51. The Morgan fingerprint density at radius 2 is 2.10 bits per heavy atom. The van der Waals surface area contributed by atoms with Gasteiger partial charge in [-0.2, -0.15) is 10.1 Å². The van der Waals surface area contributed by atoms with Crippen LogP contribution in [0.15, 0.2) is 36.7 Å². The second-order valence-corrected chi connectivity index (χ2v) is 4.35. The second kappa shape index (κ2) is 5.16. The molecule has 6 heteroatoms. The fourth-order valence-corrected chi connectivity index (χ4v) is 1.93. The second-order valence-electron chi connectivity index (χ2n) is 4.35. The minimum atomic E-state index is 0.527. The van der Waals surface area contributed by atoms with Gasteiger partial charge < -0.3 is 10.1 Å². The van der Waals surface area contributed by atoms with Gasteiger partial charge in [0.05, 0.1) is 23.3 Å². The fraction of sp³-hybridized carbons (Fsp3) is 0.214. The van der Waals surface area contributed by atoms with E-state index in [1.54, 1.807) is 17.1 Å². The van der Waals surface area contributed by atoms with Gasteiger partial charge in [-0.1, -0.05) is 12.1 Å². The molecule has 0 bridgehead atoms. The Bertz CT molecular complexity index is 737. The van der Waals surface area contributed by atoms with E-state index in [0.717, 1.165) is 17.4 Å². The lowest BCUT2D eigenvalue weighted by Crippen LogP contribution is -2.03. The van der Waals surface area contributed by atoms with Gasteiger partial charge in [0.1, 0.15) is 0 Å². The van der Waals surface area contributed by atoms with E-state index in [1.165, 1.54) is 0 Å². The molecule has 2 aromatic heterocycles. The molecule has 0 atom stereocenters. The molecule has 0 aliphatic heterocycles. The molecule has 0 amide bonds. The molecular weight excluding hydrogens is 254 g/mol. The Morgan fingerprint density at radius 3 is 2.85 bits per heavy atom. The minimum absolute atomic E-state index is 0.527. The molecule has 3 rings (SSSR count). The fourth-order valence-electron chi connectivity index (χ4n) is 1.93. The van der Waals surface area contributed by atoms with E-state index in [0.29, 0.717) is 17.6 Å². The number of aromatic nitrogens is 4. The molecule has 0 unspecified atom stereocenters. The highest BCUT2D eigenvalue weighted by molar-refractivity contribution is 5.84. The van der Waals surface area contributed by atoms with E-state index in [-0.39, 0.29) is 0 Å². The van der Waals surface area contributed by atoms with Gasteiger partial charge in [-0.15, -0.1) is 0 Å². The molecule has 102 valence electrons. The zero-order valence-electron chi connectivity index (χ0n) is 11.4. The van der Waals surface area contributed by atoms with Crippen molar-refractivity contribution >= 4 is 16.9 Å². The van der Waals surface area contributed by atoms with Crippen molar-refractivity contribution in [3.8, 4) is 11.6 Å². The number of hydrogen-bond donors (Lipinski definition) is 1. The highest BCUT2D eigenvalue weighted by Crippen LogP contribution is 2.27. The maximum Gasteiger partial charge on any atom is 0.232 e. The van der Waals surface area contributed by atoms with Crippen LogP contribution in [0, 0.1) is 0 Å². The number of nitrogens with one attached hydrogen (secondary N) is 1. The summed E-state index contributed by atoms with van der Waals surface area (Å²) >= 11 is 0. The number of hydrogen-bond acceptors (Lipinski definition) is 5. The SMILES string of the molecule is CCNc1nc(Oc2cnn(C)c2)c2ccccc2n1. The van der Waals surface area contributed by atoms with Crippen LogP contribution in [0.25, 0.3) is 10.9 Å². The van der Waals surface area contributed by atoms with Gasteiger partial charge in [-0.05, 0) is 19.1 Å². The third kappa shape index (κ3) is 2.40. The summed E-state index contributed by atoms with van der Waals surface area (Å²) in [6.07, 6.45) is 3.45. The summed E-state index contributed by atoms with van der Waals surface area (Å²) in [6, 6.07) is 7.76. The van der Waals surface area contributed by atoms with Gasteiger partial charge >= 0.3 is 0 Å². The van der Waals surface area contributed by atoms with Crippen molar-refractivity contribution in [2.45, 2.75) is 6.92 Å². The van der Waals surface area contributed by atoms with Gasteiger partial charge in [0.15, 0.2) is 5.75 Å². The van der Waals surface area contributed by atoms with Crippen molar-refractivity contribution in [1.29, 1.82) is 0 Å². The molecule has 0 aliphatic rings. The summed E-state index contributed by atoms with van der Waals surface area (Å²) in [7, 11) is 1.84. The van der Waals surface area contributed by atoms with Crippen LogP contribution in [0.2, 0.25) is 0 Å². The van der Waals surface area contributed by atoms with Crippen LogP contribution in [-0.4, -0.2) is 26.3 Å². The number of anilines is 1. The maximum absolute atomic E-state index is 5.83. The van der Waals surface area contributed by atoms with Crippen molar-refractivity contribution in [2.75, 3.05) is 11.9 Å². The largest absolute Gasteiger partial charge is 0.435 e. The topological polar surface area (TPSA) is 64.9 Å². The van der Waals surface area contributed by atoms with E-state index in [4.69, 9.17) is 4.74 Å². The van der Waals surface area contributed by atoms with Crippen LogP contribution in [0.1, 0.15) is 6.92 Å². The molecule has 0 saturated carbocycles. The van der Waals surface area contributed by atoms with Gasteiger partial charge in [-0.25, -0.2) is 4.98 Å². The van der Waals surface area contributed by atoms with Crippen molar-refractivity contribution in [2.24, 2.45) is 7.05 Å². The molecule has 20 heavy (non-hydrogen) atoms. The van der Waals surface area contributed by atoms with Crippen LogP contribution in [0.4, 0.5) is 5.95 Å². The Balaban J connectivity index is 2.06. The lowest BCUT2D eigenvalue weighted by atomic mass is 10.2. The van der Waals surface area contributed by atoms with Gasteiger partial charge in [0.25, 0.3) is 0 Å². The Kier molecular flexibility index (Phi) is 3.20. The number of benzene rings is 1. The minimum Gasteiger partial charge on any atom is -0.435 e. The third-order valence-electron chi connectivity index (χ3n) is 2.80. The molecule has 0 aliphatic carbocycles. The highest BCUT2D eigenvalue weighted by Gasteiger charge is 2.10. The lowest BCUT2D eigenvalue weighted by molar-refractivity contribution is 0.468. The van der Waals surface area contributed by atoms with E-state index >= 15 is 0 Å². The first kappa shape index (κ1) is 12.4. The predicted octanol–water partition coefficient (Wildman–Crippen LogP) is 2.59. The van der Waals surface area contributed by atoms with E-state index < -0.39 is 0 Å². The summed E-state index contributed by atoms with van der Waals surface area (Å²) in [5.41, 5.74) is 0.845. The average Bonchev–Trinajstić information content (AvgIpc) is 2.85. The summed E-state index contributed by atoms with van der Waals surface area (Å²) in [4.78, 5) is 8.86. The number of para-hydroxylation sites is 1. The first-order valence-electron chi connectivity index (χ1n) is 6.43. The summed E-state index contributed by atoms with van der Waals surface area (Å²) in [6.45, 7) is 2.75. The van der Waals surface area contributed by atoms with Crippen LogP contribution < -0.4 is 10.1 Å². The number of nitrogens with zero attached hydrogens (tertiary/aromatic N) is 4. The van der Waals surface area contributed by atoms with Gasteiger partial charge in [0.2, 0.25) is 11.8 Å². The van der Waals surface area contributed by atoms with Crippen molar-refractivity contribution in [3.63, 3.8) is 0 Å². The Hall–Kier alpha value is -2.63. The van der Waals surface area contributed by atoms with E-state index in [1.807, 2.05) is 38.2 Å². The standard InChI is InChI=1S/C14H15N5O/c1-3-15-14-17-12-7-5-4-6-11(12)13(18-14)20-10-8-16-19(2)9-10/h4-9H,3H2,1-2H3,(H,15,17,18). The van der Waals surface area contributed by atoms with Crippen LogP contribution in [0.3, 0.4) is 0 Å². The zero-order valence-corrected chi connectivity index (χ0v) is 11.4. The number of fused-ring (bicyclic) bond motifs is 1. The number of aryl methyl sites for hydroxylation is 1. The molecule has 1 N–H and O–H groups in total. The van der Waals surface area contributed by atoms with Crippen LogP contribution >= 0.6 is 0 Å². The molecule has 6 nitrogen and oxygen atoms in total. The molecule has 2 heterocycles. The Labute approximate surface area is 116 Å². The average molecular weight is 269 g/mol. The maximum atomic E-state index is 5.83. The van der Waals surface area contributed by atoms with E-state index in [9.17, 15) is 0 Å². The lowest BCUT2D eigenvalue weighted by Gasteiger charge is -2.08. The molecule has 3 aromatic rings. The summed E-state index contributed by atoms with van der Waals surface area (Å²) in [5, 5.41) is 8.07. The Morgan fingerprint density at radius 1 is 1.25 bits per heavy atom. The van der Waals surface area contributed by atoms with Crippen LogP contribution in [0.5, 0.6) is 11.6 Å². The van der Waals surface area contributed by atoms with Gasteiger partial charge in [-0.3, -0.25) is 4.68 Å². The van der Waals surface area contributed by atoms with Crippen molar-refractivity contribution in [1.82, 2.24) is 19.7 Å². The quantitative estimate of drug-likeness (QED) is 0.788. The molecule has 0 fully saturated rings. The monoisotopic (exact) mass is 269 g/mol. The van der Waals surface area contributed by atoms with Gasteiger partial charge in [0, 0.05) is 13.6 Å². The molecule has 0 radical (unpaired) electrons. The number of ether oxygens (including phenoxy) is 1. The first-order valence-corrected chi connectivity index (χ1v) is 6.43. The molecular formula is C14H15N5O. The highest BCUT2D eigenvalue weighted by atomic mass is 16.5. The molecule has 1 aromatic carbocycles. The van der Waals surface area contributed by atoms with E-state index in [2.05, 4.69) is 20.4 Å². The van der Waals surface area contributed by atoms with Crippen molar-refractivity contribution < 1.29 is 4.74 Å². The zero-order chi connectivity index (χ0) is 13.9. The van der Waals surface area contributed by atoms with Crippen LogP contribution in [-0.2, 0) is 7.05 Å². The first-order chi connectivity index (χ1) is 9.76. The normalized spacial score (nSPS) is 10.7. The van der Waals surface area contributed by atoms with Crippen molar-refractivity contribution in [3.05, 3.63) is 36.7 Å². The third-order valence-corrected chi connectivity index (χ3v) is 2.80. The molecule has 0 saturated heterocycles. The number of rotatable bonds is 4.